The van der Waals surface area contributed by atoms with Crippen LogP contribution in [0.25, 0.3) is 0 Å². The van der Waals surface area contributed by atoms with Crippen molar-refractivity contribution < 1.29 is 0 Å². The van der Waals surface area contributed by atoms with Gasteiger partial charge in [-0.05, 0) is 54.8 Å². The van der Waals surface area contributed by atoms with Gasteiger partial charge >= 0.3 is 0 Å². The number of halogens is 1. The molecule has 0 aromatic heterocycles. The lowest BCUT2D eigenvalue weighted by Gasteiger charge is -2.37. The summed E-state index contributed by atoms with van der Waals surface area (Å²) >= 11 is 5.29. The molecule has 0 atom stereocenters. The number of thioether (sulfide) groups is 1. The summed E-state index contributed by atoms with van der Waals surface area (Å²) in [6, 6.07) is 17.9. The zero-order chi connectivity index (χ0) is 13.9. The van der Waals surface area contributed by atoms with Gasteiger partial charge in [0.15, 0.2) is 0 Å². The van der Waals surface area contributed by atoms with Gasteiger partial charge in [0.1, 0.15) is 0 Å². The molecule has 3 rings (SSSR count). The van der Waals surface area contributed by atoms with Crippen molar-refractivity contribution in [2.45, 2.75) is 29.7 Å². The molecule has 0 bridgehead atoms. The van der Waals surface area contributed by atoms with Crippen LogP contribution in [0.1, 0.15) is 24.3 Å². The second-order valence-corrected chi connectivity index (χ2v) is 7.03. The lowest BCUT2D eigenvalue weighted by molar-refractivity contribution is 0.373. The molecule has 0 spiro atoms. The van der Waals surface area contributed by atoms with E-state index in [4.69, 9.17) is 0 Å². The first-order chi connectivity index (χ1) is 9.76. The first-order valence-corrected chi connectivity index (χ1v) is 8.93. The first kappa shape index (κ1) is 14.0. The largest absolute Gasteiger partial charge is 0.381 e. The van der Waals surface area contributed by atoms with E-state index in [9.17, 15) is 0 Å². The van der Waals surface area contributed by atoms with E-state index in [-0.39, 0.29) is 0 Å². The van der Waals surface area contributed by atoms with Crippen LogP contribution in [0, 0.1) is 0 Å². The van der Waals surface area contributed by atoms with Crippen LogP contribution in [0.15, 0.2) is 57.9 Å². The predicted molar refractivity (Wildman–Crippen MR) is 91.8 cm³/mol. The van der Waals surface area contributed by atoms with E-state index in [1.807, 2.05) is 0 Å². The number of para-hydroxylation sites is 1. The number of hydrogen-bond donors (Lipinski definition) is 1. The smallest absolute Gasteiger partial charge is 0.0480 e. The van der Waals surface area contributed by atoms with E-state index in [0.717, 1.165) is 4.47 Å². The Bertz CT molecular complexity index is 576. The minimum absolute atomic E-state index is 0.608. The average Bonchev–Trinajstić information content (AvgIpc) is 2.44. The minimum Gasteiger partial charge on any atom is -0.381 e. The molecule has 1 saturated carbocycles. The number of hydrogen-bond acceptors (Lipinski definition) is 2. The van der Waals surface area contributed by atoms with Crippen LogP contribution in [-0.2, 0) is 0 Å². The Labute approximate surface area is 133 Å². The monoisotopic (exact) mass is 347 g/mol. The van der Waals surface area contributed by atoms with Crippen LogP contribution in [0.5, 0.6) is 0 Å². The van der Waals surface area contributed by atoms with E-state index in [1.165, 1.54) is 29.0 Å². The Balaban J connectivity index is 1.59. The molecular formula is C17H18BrNS. The Hall–Kier alpha value is -0.930. The summed E-state index contributed by atoms with van der Waals surface area (Å²) in [5.41, 5.74) is 2.74. The highest BCUT2D eigenvalue weighted by Gasteiger charge is 2.30. The molecule has 1 nitrogen and oxygen atoms in total. The van der Waals surface area contributed by atoms with E-state index >= 15 is 0 Å². The number of anilines is 1. The third kappa shape index (κ3) is 3.04. The van der Waals surface area contributed by atoms with Crippen molar-refractivity contribution in [2.24, 2.45) is 0 Å². The zero-order valence-electron chi connectivity index (χ0n) is 11.5. The number of nitrogens with one attached hydrogen (secondary N) is 1. The van der Waals surface area contributed by atoms with Crippen molar-refractivity contribution in [1.29, 1.82) is 0 Å². The van der Waals surface area contributed by atoms with Gasteiger partial charge in [-0.15, -0.1) is 11.8 Å². The molecule has 0 radical (unpaired) electrons. The lowest BCUT2D eigenvalue weighted by atomic mass is 9.76. The van der Waals surface area contributed by atoms with Crippen molar-refractivity contribution in [3.63, 3.8) is 0 Å². The maximum atomic E-state index is 3.68. The van der Waals surface area contributed by atoms with Gasteiger partial charge in [-0.2, -0.15) is 0 Å². The highest BCUT2D eigenvalue weighted by molar-refractivity contribution is 9.10. The molecule has 1 aliphatic rings. The Kier molecular flexibility index (Phi) is 4.37. The predicted octanol–water partition coefficient (Wildman–Crippen LogP) is 5.53. The fourth-order valence-corrected chi connectivity index (χ4v) is 3.55. The summed E-state index contributed by atoms with van der Waals surface area (Å²) in [5, 5.41) is 3.68. The third-order valence-electron chi connectivity index (χ3n) is 3.95. The van der Waals surface area contributed by atoms with Crippen LogP contribution in [0.3, 0.4) is 0 Å². The maximum absolute atomic E-state index is 3.68. The molecule has 20 heavy (non-hydrogen) atoms. The summed E-state index contributed by atoms with van der Waals surface area (Å²) in [4.78, 5) is 1.33. The molecule has 2 aromatic carbocycles. The Morgan fingerprint density at radius 3 is 2.45 bits per heavy atom. The highest BCUT2D eigenvalue weighted by atomic mass is 79.9. The fraction of sp³-hybridized carbons (Fsp3) is 0.294. The van der Waals surface area contributed by atoms with Gasteiger partial charge in [0.25, 0.3) is 0 Å². The van der Waals surface area contributed by atoms with Gasteiger partial charge in [0.2, 0.25) is 0 Å². The molecule has 0 aliphatic heterocycles. The second-order valence-electron chi connectivity index (χ2n) is 5.26. The summed E-state index contributed by atoms with van der Waals surface area (Å²) in [7, 11) is 0. The molecule has 1 N–H and O–H groups in total. The summed E-state index contributed by atoms with van der Waals surface area (Å²) in [6.45, 7) is 0. The molecule has 2 aromatic rings. The van der Waals surface area contributed by atoms with E-state index in [2.05, 4.69) is 76.0 Å². The van der Waals surface area contributed by atoms with Crippen molar-refractivity contribution in [2.75, 3.05) is 11.6 Å². The summed E-state index contributed by atoms with van der Waals surface area (Å²) < 4.78 is 1.16. The molecule has 3 heteroatoms. The second kappa shape index (κ2) is 6.23. The number of benzene rings is 2. The van der Waals surface area contributed by atoms with E-state index in [0.29, 0.717) is 12.0 Å². The standard InChI is InChI=1S/C17H18BrNS/c1-20-17-5-3-2-4-16(17)19-15-10-13(11-15)12-6-8-14(18)9-7-12/h2-9,13,15,19H,10-11H2,1H3. The molecule has 1 fully saturated rings. The SMILES string of the molecule is CSc1ccccc1NC1CC(c2ccc(Br)cc2)C1. The molecule has 1 aliphatic carbocycles. The van der Waals surface area contributed by atoms with Gasteiger partial charge < -0.3 is 5.32 Å². The first-order valence-electron chi connectivity index (χ1n) is 6.91. The Morgan fingerprint density at radius 2 is 1.75 bits per heavy atom. The summed E-state index contributed by atoms with van der Waals surface area (Å²) in [6.07, 6.45) is 4.58. The highest BCUT2D eigenvalue weighted by Crippen LogP contribution is 2.39. The van der Waals surface area contributed by atoms with Gasteiger partial charge in [0.05, 0.1) is 0 Å². The van der Waals surface area contributed by atoms with Crippen LogP contribution in [-0.4, -0.2) is 12.3 Å². The zero-order valence-corrected chi connectivity index (χ0v) is 13.9. The molecule has 0 saturated heterocycles. The molecule has 0 heterocycles. The van der Waals surface area contributed by atoms with Crippen molar-refractivity contribution in [3.05, 3.63) is 58.6 Å². The maximum Gasteiger partial charge on any atom is 0.0480 e. The molecule has 104 valence electrons. The van der Waals surface area contributed by atoms with Crippen molar-refractivity contribution in [3.8, 4) is 0 Å². The molecular weight excluding hydrogens is 330 g/mol. The topological polar surface area (TPSA) is 12.0 Å². The third-order valence-corrected chi connectivity index (χ3v) is 5.27. The minimum atomic E-state index is 0.608. The summed E-state index contributed by atoms with van der Waals surface area (Å²) in [5.74, 6) is 0.710. The normalized spacial score (nSPS) is 21.3. The van der Waals surface area contributed by atoms with Gasteiger partial charge in [-0.3, -0.25) is 0 Å². The van der Waals surface area contributed by atoms with Crippen LogP contribution >= 0.6 is 27.7 Å². The van der Waals surface area contributed by atoms with Crippen LogP contribution in [0.4, 0.5) is 5.69 Å². The van der Waals surface area contributed by atoms with Gasteiger partial charge in [-0.25, -0.2) is 0 Å². The van der Waals surface area contributed by atoms with E-state index < -0.39 is 0 Å². The van der Waals surface area contributed by atoms with Crippen LogP contribution in [0.2, 0.25) is 0 Å². The lowest BCUT2D eigenvalue weighted by Crippen LogP contribution is -2.34. The van der Waals surface area contributed by atoms with Gasteiger partial charge in [0, 0.05) is 21.1 Å². The fourth-order valence-electron chi connectivity index (χ4n) is 2.73. The molecule has 0 unspecified atom stereocenters. The molecule has 0 amide bonds. The quantitative estimate of drug-likeness (QED) is 0.729. The Morgan fingerprint density at radius 1 is 1.05 bits per heavy atom. The van der Waals surface area contributed by atoms with Crippen LogP contribution < -0.4 is 5.32 Å². The van der Waals surface area contributed by atoms with Crippen molar-refractivity contribution >= 4 is 33.4 Å². The van der Waals surface area contributed by atoms with Crippen molar-refractivity contribution in [1.82, 2.24) is 0 Å². The van der Waals surface area contributed by atoms with E-state index in [1.54, 1.807) is 11.8 Å². The average molecular weight is 348 g/mol. The number of rotatable bonds is 4. The van der Waals surface area contributed by atoms with Gasteiger partial charge in [-0.1, -0.05) is 40.2 Å².